The highest BCUT2D eigenvalue weighted by Gasteiger charge is 2.22. The fraction of sp³-hybridized carbons (Fsp3) is 0.484. The van der Waals surface area contributed by atoms with Crippen molar-refractivity contribution in [1.82, 2.24) is 0 Å². The summed E-state index contributed by atoms with van der Waals surface area (Å²) < 4.78 is 16.3. The Hall–Kier alpha value is -3.08. The third-order valence-electron chi connectivity index (χ3n) is 6.91. The van der Waals surface area contributed by atoms with E-state index in [9.17, 15) is 9.59 Å². The molecule has 0 N–H and O–H groups in total. The van der Waals surface area contributed by atoms with Gasteiger partial charge in [-0.25, -0.2) is 9.59 Å². The molecule has 0 spiro atoms. The first-order valence-corrected chi connectivity index (χ1v) is 13.4. The minimum atomic E-state index is -0.376. The van der Waals surface area contributed by atoms with E-state index >= 15 is 0 Å². The third kappa shape index (κ3) is 9.18. The standard InChI is InChI=1S/C31H40O5.H2/c1-3-9-24-10-12-25(13-11-24)26-14-20-29(21-15-26)36-31(33)27-16-18-28(19-17-27)34-22-7-5-6-8-23-35-30(32)4-2;/h4,14-21,24-25H,2-3,5-13,22-23H2,1H3;1H. The first-order valence-electron chi connectivity index (χ1n) is 13.4. The van der Waals surface area contributed by atoms with Crippen LogP contribution in [0.4, 0.5) is 0 Å². The molecule has 196 valence electrons. The van der Waals surface area contributed by atoms with Crippen LogP contribution in [-0.2, 0) is 9.53 Å². The second-order valence-corrected chi connectivity index (χ2v) is 9.62. The molecule has 0 saturated heterocycles. The minimum absolute atomic E-state index is 0. The number of hydrogen-bond donors (Lipinski definition) is 0. The van der Waals surface area contributed by atoms with Crippen molar-refractivity contribution in [2.45, 2.75) is 77.0 Å². The monoisotopic (exact) mass is 494 g/mol. The van der Waals surface area contributed by atoms with Crippen LogP contribution in [0.25, 0.3) is 0 Å². The second-order valence-electron chi connectivity index (χ2n) is 9.62. The van der Waals surface area contributed by atoms with Crippen LogP contribution in [0, 0.1) is 5.92 Å². The molecule has 3 rings (SSSR count). The molecule has 0 atom stereocenters. The first-order chi connectivity index (χ1) is 17.6. The molecule has 1 fully saturated rings. The van der Waals surface area contributed by atoms with E-state index in [2.05, 4.69) is 25.6 Å². The van der Waals surface area contributed by atoms with Crippen LogP contribution in [0.3, 0.4) is 0 Å². The summed E-state index contributed by atoms with van der Waals surface area (Å²) in [6.07, 6.45) is 12.7. The Morgan fingerprint density at radius 3 is 2.17 bits per heavy atom. The van der Waals surface area contributed by atoms with Crippen LogP contribution in [0.2, 0.25) is 0 Å². The van der Waals surface area contributed by atoms with Gasteiger partial charge in [-0.3, -0.25) is 0 Å². The smallest absolute Gasteiger partial charge is 0.343 e. The Balaban J connectivity index is 0.00000481. The summed E-state index contributed by atoms with van der Waals surface area (Å²) in [6, 6.07) is 15.1. The quantitative estimate of drug-likeness (QED) is 0.116. The number of hydrogen-bond acceptors (Lipinski definition) is 5. The number of rotatable bonds is 14. The highest BCUT2D eigenvalue weighted by Crippen LogP contribution is 2.37. The van der Waals surface area contributed by atoms with E-state index in [4.69, 9.17) is 14.2 Å². The first kappa shape index (κ1) is 27.5. The highest BCUT2D eigenvalue weighted by atomic mass is 16.5. The molecule has 0 unspecified atom stereocenters. The van der Waals surface area contributed by atoms with Gasteiger partial charge in [0.15, 0.2) is 0 Å². The molecule has 0 aliphatic heterocycles. The lowest BCUT2D eigenvalue weighted by atomic mass is 9.77. The van der Waals surface area contributed by atoms with E-state index in [1.807, 2.05) is 12.1 Å². The predicted octanol–water partition coefficient (Wildman–Crippen LogP) is 7.89. The van der Waals surface area contributed by atoms with Gasteiger partial charge in [-0.2, -0.15) is 0 Å². The van der Waals surface area contributed by atoms with E-state index in [1.54, 1.807) is 24.3 Å². The third-order valence-corrected chi connectivity index (χ3v) is 6.91. The number of carbonyl (C=O) groups excluding carboxylic acids is 2. The summed E-state index contributed by atoms with van der Waals surface area (Å²) in [6.45, 7) is 6.67. The normalized spacial score (nSPS) is 17.2. The van der Waals surface area contributed by atoms with Crippen LogP contribution in [0.1, 0.15) is 94.4 Å². The molecule has 5 heteroatoms. The van der Waals surface area contributed by atoms with Gasteiger partial charge in [-0.05, 0) is 105 Å². The van der Waals surface area contributed by atoms with Gasteiger partial charge >= 0.3 is 11.9 Å². The molecule has 36 heavy (non-hydrogen) atoms. The van der Waals surface area contributed by atoms with Crippen molar-refractivity contribution in [3.8, 4) is 11.5 Å². The lowest BCUT2D eigenvalue weighted by molar-refractivity contribution is -0.137. The van der Waals surface area contributed by atoms with Crippen molar-refractivity contribution >= 4 is 11.9 Å². The van der Waals surface area contributed by atoms with E-state index in [0.29, 0.717) is 30.4 Å². The van der Waals surface area contributed by atoms with Crippen molar-refractivity contribution in [3.63, 3.8) is 0 Å². The molecule has 0 radical (unpaired) electrons. The van der Waals surface area contributed by atoms with Crippen molar-refractivity contribution in [2.24, 2.45) is 5.92 Å². The Morgan fingerprint density at radius 2 is 1.53 bits per heavy atom. The zero-order valence-corrected chi connectivity index (χ0v) is 21.6. The van der Waals surface area contributed by atoms with E-state index < -0.39 is 0 Å². The van der Waals surface area contributed by atoms with Crippen molar-refractivity contribution in [2.75, 3.05) is 13.2 Å². The fourth-order valence-electron chi connectivity index (χ4n) is 4.83. The van der Waals surface area contributed by atoms with E-state index in [1.165, 1.54) is 50.2 Å². The summed E-state index contributed by atoms with van der Waals surface area (Å²) in [7, 11) is 0. The summed E-state index contributed by atoms with van der Waals surface area (Å²) in [5.74, 6) is 2.07. The van der Waals surface area contributed by atoms with Gasteiger partial charge in [0.2, 0.25) is 0 Å². The Bertz CT molecular complexity index is 947. The van der Waals surface area contributed by atoms with Gasteiger partial charge in [0.1, 0.15) is 11.5 Å². The highest BCUT2D eigenvalue weighted by molar-refractivity contribution is 5.91. The SMILES string of the molecule is C=CC(=O)OCCCCCCOc1ccc(C(=O)Oc2ccc(C3CCC(CCC)CC3)cc2)cc1.[HH]. The maximum absolute atomic E-state index is 12.6. The van der Waals surface area contributed by atoms with Gasteiger partial charge in [-0.1, -0.05) is 38.5 Å². The molecule has 2 aromatic rings. The summed E-state index contributed by atoms with van der Waals surface area (Å²) in [5.41, 5.74) is 1.84. The zero-order valence-electron chi connectivity index (χ0n) is 21.6. The van der Waals surface area contributed by atoms with Crippen LogP contribution >= 0.6 is 0 Å². The predicted molar refractivity (Wildman–Crippen MR) is 145 cm³/mol. The number of esters is 2. The van der Waals surface area contributed by atoms with Crippen LogP contribution in [0.5, 0.6) is 11.5 Å². The van der Waals surface area contributed by atoms with Crippen molar-refractivity contribution in [1.29, 1.82) is 0 Å². The van der Waals surface area contributed by atoms with Crippen molar-refractivity contribution in [3.05, 3.63) is 72.3 Å². The number of unbranched alkanes of at least 4 members (excludes halogenated alkanes) is 3. The summed E-state index contributed by atoms with van der Waals surface area (Å²) in [4.78, 5) is 23.5. The average molecular weight is 495 g/mol. The Morgan fingerprint density at radius 1 is 0.889 bits per heavy atom. The van der Waals surface area contributed by atoms with E-state index in [0.717, 1.165) is 37.4 Å². The molecule has 0 heterocycles. The number of ether oxygens (including phenoxy) is 3. The lowest BCUT2D eigenvalue weighted by Gasteiger charge is -2.28. The molecule has 0 bridgehead atoms. The molecule has 2 aromatic carbocycles. The van der Waals surface area contributed by atoms with Gasteiger partial charge < -0.3 is 14.2 Å². The Labute approximate surface area is 217 Å². The molecule has 1 aliphatic rings. The minimum Gasteiger partial charge on any atom is -0.494 e. The largest absolute Gasteiger partial charge is 0.494 e. The summed E-state index contributed by atoms with van der Waals surface area (Å²) >= 11 is 0. The van der Waals surface area contributed by atoms with E-state index in [-0.39, 0.29) is 13.4 Å². The topological polar surface area (TPSA) is 61.8 Å². The maximum Gasteiger partial charge on any atom is 0.343 e. The molecule has 0 aromatic heterocycles. The van der Waals surface area contributed by atoms with Gasteiger partial charge in [0.05, 0.1) is 18.8 Å². The molecular weight excluding hydrogens is 452 g/mol. The molecular formula is C31H42O5. The van der Waals surface area contributed by atoms with Crippen molar-refractivity contribution < 1.29 is 25.2 Å². The average Bonchev–Trinajstić information content (AvgIpc) is 2.91. The summed E-state index contributed by atoms with van der Waals surface area (Å²) in [5, 5.41) is 0. The second kappa shape index (κ2) is 15.1. The van der Waals surface area contributed by atoms with Gasteiger partial charge in [0, 0.05) is 7.50 Å². The fourth-order valence-corrected chi connectivity index (χ4v) is 4.83. The zero-order chi connectivity index (χ0) is 25.6. The van der Waals surface area contributed by atoms with Crippen LogP contribution < -0.4 is 9.47 Å². The molecule has 1 saturated carbocycles. The molecule has 0 amide bonds. The Kier molecular flexibility index (Phi) is 11.6. The van der Waals surface area contributed by atoms with Crippen LogP contribution in [-0.4, -0.2) is 25.2 Å². The van der Waals surface area contributed by atoms with Gasteiger partial charge in [0.25, 0.3) is 0 Å². The maximum atomic E-state index is 12.6. The number of carbonyl (C=O) groups is 2. The lowest BCUT2D eigenvalue weighted by Crippen LogP contribution is -2.13. The molecule has 5 nitrogen and oxygen atoms in total. The molecule has 1 aliphatic carbocycles. The van der Waals surface area contributed by atoms with Crippen LogP contribution in [0.15, 0.2) is 61.2 Å². The van der Waals surface area contributed by atoms with Gasteiger partial charge in [-0.15, -0.1) is 0 Å². The number of benzene rings is 2.